The number of carbonyl (C=O) groups excluding carboxylic acids is 1. The van der Waals surface area contributed by atoms with Gasteiger partial charge in [-0.25, -0.2) is 4.79 Å². The standard InChI is InChI=1S/C20H21N3O3/c24-20(22-16-6-7-18-19(14-16)26-13-12-25-18)21-9-3-10-23-11-8-15-4-1-2-5-17(15)23/h1-2,4-8,11,14H,3,9-10,12-13H2,(H2,21,22,24). The second-order valence-electron chi connectivity index (χ2n) is 6.16. The number of nitrogens with one attached hydrogen (secondary N) is 2. The smallest absolute Gasteiger partial charge is 0.319 e. The largest absolute Gasteiger partial charge is 0.486 e. The highest BCUT2D eigenvalue weighted by Gasteiger charge is 2.12. The second kappa shape index (κ2) is 7.39. The fourth-order valence-corrected chi connectivity index (χ4v) is 3.08. The molecule has 1 aliphatic heterocycles. The summed E-state index contributed by atoms with van der Waals surface area (Å²) in [4.78, 5) is 12.1. The van der Waals surface area contributed by atoms with Gasteiger partial charge in [0.2, 0.25) is 0 Å². The number of ether oxygens (including phenoxy) is 2. The Hall–Kier alpha value is -3.15. The minimum absolute atomic E-state index is 0.223. The van der Waals surface area contributed by atoms with E-state index in [-0.39, 0.29) is 6.03 Å². The highest BCUT2D eigenvalue weighted by atomic mass is 16.6. The number of benzene rings is 2. The Labute approximate surface area is 151 Å². The lowest BCUT2D eigenvalue weighted by atomic mass is 10.2. The normalized spacial score (nSPS) is 12.8. The predicted molar refractivity (Wildman–Crippen MR) is 101 cm³/mol. The van der Waals surface area contributed by atoms with Gasteiger partial charge in [0.05, 0.1) is 0 Å². The molecule has 26 heavy (non-hydrogen) atoms. The van der Waals surface area contributed by atoms with E-state index in [4.69, 9.17) is 9.47 Å². The van der Waals surface area contributed by atoms with E-state index in [1.807, 2.05) is 12.1 Å². The molecule has 0 unspecified atom stereocenters. The fourth-order valence-electron chi connectivity index (χ4n) is 3.08. The average molecular weight is 351 g/mol. The maximum atomic E-state index is 12.1. The third-order valence-corrected chi connectivity index (χ3v) is 4.34. The van der Waals surface area contributed by atoms with Crippen molar-refractivity contribution < 1.29 is 14.3 Å². The zero-order valence-electron chi connectivity index (χ0n) is 14.4. The van der Waals surface area contributed by atoms with Crippen LogP contribution in [0, 0.1) is 0 Å². The molecule has 6 nitrogen and oxygen atoms in total. The zero-order valence-corrected chi connectivity index (χ0v) is 14.4. The van der Waals surface area contributed by atoms with Crippen LogP contribution in [0.1, 0.15) is 6.42 Å². The number of hydrogen-bond donors (Lipinski definition) is 2. The molecule has 4 rings (SSSR count). The van der Waals surface area contributed by atoms with Gasteiger partial charge >= 0.3 is 6.03 Å². The van der Waals surface area contributed by atoms with Crippen molar-refractivity contribution in [3.8, 4) is 11.5 Å². The predicted octanol–water partition coefficient (Wildman–Crippen LogP) is 3.62. The second-order valence-corrected chi connectivity index (χ2v) is 6.16. The van der Waals surface area contributed by atoms with Crippen LogP contribution in [-0.2, 0) is 6.54 Å². The molecule has 0 aliphatic carbocycles. The summed E-state index contributed by atoms with van der Waals surface area (Å²) in [5.74, 6) is 1.37. The monoisotopic (exact) mass is 351 g/mol. The van der Waals surface area contributed by atoms with Crippen molar-refractivity contribution in [2.24, 2.45) is 0 Å². The fraction of sp³-hybridized carbons (Fsp3) is 0.250. The van der Waals surface area contributed by atoms with E-state index >= 15 is 0 Å². The van der Waals surface area contributed by atoms with Crippen LogP contribution in [0.3, 0.4) is 0 Å². The van der Waals surface area contributed by atoms with E-state index in [1.165, 1.54) is 10.9 Å². The molecule has 2 amide bonds. The third-order valence-electron chi connectivity index (χ3n) is 4.34. The van der Waals surface area contributed by atoms with E-state index in [0.29, 0.717) is 36.9 Å². The Morgan fingerprint density at radius 1 is 1.04 bits per heavy atom. The van der Waals surface area contributed by atoms with Gasteiger partial charge in [-0.05, 0) is 36.1 Å². The van der Waals surface area contributed by atoms with Gasteiger partial charge in [-0.3, -0.25) is 0 Å². The van der Waals surface area contributed by atoms with Gasteiger partial charge in [0, 0.05) is 36.6 Å². The Kier molecular flexibility index (Phi) is 4.64. The summed E-state index contributed by atoms with van der Waals surface area (Å²) in [6.07, 6.45) is 2.94. The van der Waals surface area contributed by atoms with Crippen LogP contribution in [0.4, 0.5) is 10.5 Å². The topological polar surface area (TPSA) is 64.5 Å². The summed E-state index contributed by atoms with van der Waals surface area (Å²) in [5.41, 5.74) is 1.90. The molecule has 2 heterocycles. The highest BCUT2D eigenvalue weighted by Crippen LogP contribution is 2.32. The molecule has 1 aliphatic rings. The van der Waals surface area contributed by atoms with Crippen LogP contribution in [0.25, 0.3) is 10.9 Å². The van der Waals surface area contributed by atoms with Crippen molar-refractivity contribution in [1.82, 2.24) is 9.88 Å². The van der Waals surface area contributed by atoms with Gasteiger partial charge in [0.15, 0.2) is 11.5 Å². The Morgan fingerprint density at radius 3 is 2.81 bits per heavy atom. The summed E-state index contributed by atoms with van der Waals surface area (Å²) in [6, 6.07) is 15.6. The molecule has 0 bridgehead atoms. The van der Waals surface area contributed by atoms with Crippen LogP contribution < -0.4 is 20.1 Å². The number of nitrogens with zero attached hydrogens (tertiary/aromatic N) is 1. The molecule has 3 aromatic rings. The number of hydrogen-bond acceptors (Lipinski definition) is 3. The van der Waals surface area contributed by atoms with Crippen molar-refractivity contribution in [2.45, 2.75) is 13.0 Å². The van der Waals surface area contributed by atoms with Crippen molar-refractivity contribution >= 4 is 22.6 Å². The maximum absolute atomic E-state index is 12.1. The SMILES string of the molecule is O=C(NCCCn1ccc2ccccc21)Nc1ccc2c(c1)OCCO2. The van der Waals surface area contributed by atoms with Gasteiger partial charge in [0.25, 0.3) is 0 Å². The van der Waals surface area contributed by atoms with Crippen LogP contribution >= 0.6 is 0 Å². The molecule has 2 aromatic carbocycles. The summed E-state index contributed by atoms with van der Waals surface area (Å²) in [7, 11) is 0. The van der Waals surface area contributed by atoms with Gasteiger partial charge in [0.1, 0.15) is 13.2 Å². The number of amides is 2. The molecule has 0 radical (unpaired) electrons. The number of aryl methyl sites for hydroxylation is 1. The molecule has 0 spiro atoms. The van der Waals surface area contributed by atoms with Gasteiger partial charge in [-0.1, -0.05) is 18.2 Å². The number of urea groups is 1. The first-order chi connectivity index (χ1) is 12.8. The summed E-state index contributed by atoms with van der Waals surface area (Å²) >= 11 is 0. The summed E-state index contributed by atoms with van der Waals surface area (Å²) in [6.45, 7) is 2.54. The molecule has 6 heteroatoms. The molecule has 134 valence electrons. The molecule has 1 aromatic heterocycles. The van der Waals surface area contributed by atoms with Crippen LogP contribution in [-0.4, -0.2) is 30.4 Å². The zero-order chi connectivity index (χ0) is 17.8. The van der Waals surface area contributed by atoms with E-state index < -0.39 is 0 Å². The van der Waals surface area contributed by atoms with Gasteiger partial charge in [-0.2, -0.15) is 0 Å². The molecular formula is C20H21N3O3. The maximum Gasteiger partial charge on any atom is 0.319 e. The lowest BCUT2D eigenvalue weighted by Crippen LogP contribution is -2.30. The number of fused-ring (bicyclic) bond motifs is 2. The summed E-state index contributed by atoms with van der Waals surface area (Å²) in [5, 5.41) is 6.94. The average Bonchev–Trinajstić information content (AvgIpc) is 3.08. The van der Waals surface area contributed by atoms with Crippen molar-refractivity contribution in [1.29, 1.82) is 0 Å². The van der Waals surface area contributed by atoms with Crippen molar-refractivity contribution in [3.63, 3.8) is 0 Å². The number of rotatable bonds is 5. The van der Waals surface area contributed by atoms with E-state index in [2.05, 4.69) is 39.6 Å². The van der Waals surface area contributed by atoms with Crippen LogP contribution in [0.15, 0.2) is 54.7 Å². The van der Waals surface area contributed by atoms with E-state index in [0.717, 1.165) is 13.0 Å². The Bertz CT molecular complexity index is 920. The van der Waals surface area contributed by atoms with E-state index in [1.54, 1.807) is 18.2 Å². The van der Waals surface area contributed by atoms with E-state index in [9.17, 15) is 4.79 Å². The first-order valence-corrected chi connectivity index (χ1v) is 8.78. The molecular weight excluding hydrogens is 330 g/mol. The molecule has 2 N–H and O–H groups in total. The highest BCUT2D eigenvalue weighted by molar-refractivity contribution is 5.89. The number of aromatic nitrogens is 1. The molecule has 0 saturated carbocycles. The van der Waals surface area contributed by atoms with Crippen molar-refractivity contribution in [2.75, 3.05) is 25.1 Å². The first kappa shape index (κ1) is 16.3. The third kappa shape index (κ3) is 3.59. The number of para-hydroxylation sites is 1. The number of anilines is 1. The minimum Gasteiger partial charge on any atom is -0.486 e. The Morgan fingerprint density at radius 2 is 1.88 bits per heavy atom. The van der Waals surface area contributed by atoms with Crippen molar-refractivity contribution in [3.05, 3.63) is 54.7 Å². The molecule has 0 fully saturated rings. The first-order valence-electron chi connectivity index (χ1n) is 8.78. The minimum atomic E-state index is -0.223. The quantitative estimate of drug-likeness (QED) is 0.690. The molecule has 0 saturated heterocycles. The Balaban J connectivity index is 1.25. The van der Waals surface area contributed by atoms with Gasteiger partial charge < -0.3 is 24.7 Å². The summed E-state index contributed by atoms with van der Waals surface area (Å²) < 4.78 is 13.2. The van der Waals surface area contributed by atoms with Crippen LogP contribution in [0.5, 0.6) is 11.5 Å². The lowest BCUT2D eigenvalue weighted by Gasteiger charge is -2.19. The van der Waals surface area contributed by atoms with Crippen LogP contribution in [0.2, 0.25) is 0 Å². The molecule has 0 atom stereocenters. The number of carbonyl (C=O) groups is 1. The van der Waals surface area contributed by atoms with Gasteiger partial charge in [-0.15, -0.1) is 0 Å². The lowest BCUT2D eigenvalue weighted by molar-refractivity contribution is 0.171.